The van der Waals surface area contributed by atoms with E-state index >= 15 is 0 Å². The predicted molar refractivity (Wildman–Crippen MR) is 76.5 cm³/mol. The molecule has 0 spiro atoms. The van der Waals surface area contributed by atoms with E-state index in [0.29, 0.717) is 5.89 Å². The van der Waals surface area contributed by atoms with Gasteiger partial charge in [-0.1, -0.05) is 43.2 Å². The minimum absolute atomic E-state index is 0.109. The van der Waals surface area contributed by atoms with Crippen LogP contribution in [0, 0.1) is 0 Å². The number of anilines is 1. The van der Waals surface area contributed by atoms with Crippen molar-refractivity contribution < 1.29 is 9.21 Å². The molecule has 0 saturated heterocycles. The molecule has 0 aliphatic carbocycles. The minimum atomic E-state index is -0.219. The lowest BCUT2D eigenvalue weighted by Crippen LogP contribution is -2.05. The van der Waals surface area contributed by atoms with Crippen molar-refractivity contribution in [2.24, 2.45) is 0 Å². The zero-order valence-electron chi connectivity index (χ0n) is 12.0. The van der Waals surface area contributed by atoms with Crippen LogP contribution in [0.1, 0.15) is 43.7 Å². The molecular weight excluding hydrogens is 254 g/mol. The smallest absolute Gasteiger partial charge is 0.322 e. The first-order valence-electron chi connectivity index (χ1n) is 6.77. The number of carbonyl (C=O) groups is 1. The number of rotatable bonds is 5. The molecule has 5 heteroatoms. The highest BCUT2D eigenvalue weighted by molar-refractivity contribution is 5.86. The zero-order valence-corrected chi connectivity index (χ0v) is 12.0. The lowest BCUT2D eigenvalue weighted by atomic mass is 10.00. The maximum absolute atomic E-state index is 10.9. The van der Waals surface area contributed by atoms with E-state index in [1.54, 1.807) is 0 Å². The summed E-state index contributed by atoms with van der Waals surface area (Å²) in [4.78, 5) is 10.9. The molecule has 106 valence electrons. The summed E-state index contributed by atoms with van der Waals surface area (Å²) in [5, 5.41) is 10.2. The molecule has 20 heavy (non-hydrogen) atoms. The molecule has 0 aliphatic rings. The molecule has 0 bridgehead atoms. The Morgan fingerprint density at radius 1 is 1.25 bits per heavy atom. The highest BCUT2D eigenvalue weighted by atomic mass is 16.4. The van der Waals surface area contributed by atoms with Crippen LogP contribution in [0.5, 0.6) is 0 Å². The van der Waals surface area contributed by atoms with Crippen molar-refractivity contribution in [2.45, 2.75) is 39.5 Å². The first kappa shape index (κ1) is 14.2. The molecule has 1 atom stereocenters. The Balaban J connectivity index is 2.01. The first-order chi connectivity index (χ1) is 9.58. The van der Waals surface area contributed by atoms with Crippen LogP contribution in [-0.4, -0.2) is 16.1 Å². The second-order valence-electron chi connectivity index (χ2n) is 4.90. The number of aromatic nitrogens is 2. The van der Waals surface area contributed by atoms with Crippen molar-refractivity contribution in [3.05, 3.63) is 41.3 Å². The van der Waals surface area contributed by atoms with Gasteiger partial charge >= 0.3 is 6.01 Å². The zero-order chi connectivity index (χ0) is 14.5. The van der Waals surface area contributed by atoms with Gasteiger partial charge in [-0.15, -0.1) is 5.10 Å². The summed E-state index contributed by atoms with van der Waals surface area (Å²) in [7, 11) is 0. The van der Waals surface area contributed by atoms with Gasteiger partial charge in [-0.3, -0.25) is 10.1 Å². The number of carbonyl (C=O) groups excluding carboxylic acids is 1. The van der Waals surface area contributed by atoms with Gasteiger partial charge in [0.05, 0.1) is 0 Å². The highest BCUT2D eigenvalue weighted by Gasteiger charge is 2.15. The summed E-state index contributed by atoms with van der Waals surface area (Å²) in [6, 6.07) is 8.68. The molecule has 1 amide bonds. The third-order valence-electron chi connectivity index (χ3n) is 3.12. The van der Waals surface area contributed by atoms with E-state index in [0.717, 1.165) is 12.8 Å². The summed E-state index contributed by atoms with van der Waals surface area (Å²) < 4.78 is 5.42. The molecule has 1 N–H and O–H groups in total. The van der Waals surface area contributed by atoms with E-state index in [4.69, 9.17) is 4.42 Å². The first-order valence-corrected chi connectivity index (χ1v) is 6.77. The number of nitrogens with zero attached hydrogens (tertiary/aromatic N) is 2. The number of hydrogen-bond acceptors (Lipinski definition) is 4. The normalized spacial score (nSPS) is 12.2. The van der Waals surface area contributed by atoms with Crippen LogP contribution in [0.15, 0.2) is 28.7 Å². The molecule has 0 aliphatic heterocycles. The van der Waals surface area contributed by atoms with Crippen molar-refractivity contribution in [2.75, 3.05) is 5.32 Å². The summed E-state index contributed by atoms with van der Waals surface area (Å²) in [6.45, 7) is 5.57. The fourth-order valence-corrected chi connectivity index (χ4v) is 1.99. The van der Waals surface area contributed by atoms with Gasteiger partial charge in [0.25, 0.3) is 0 Å². The lowest BCUT2D eigenvalue weighted by molar-refractivity contribution is -0.114. The summed E-state index contributed by atoms with van der Waals surface area (Å²) in [5.74, 6) is 0.425. The van der Waals surface area contributed by atoms with Gasteiger partial charge < -0.3 is 4.42 Å². The van der Waals surface area contributed by atoms with Gasteiger partial charge in [0.1, 0.15) is 0 Å². The van der Waals surface area contributed by atoms with Gasteiger partial charge in [-0.25, -0.2) is 0 Å². The lowest BCUT2D eigenvalue weighted by Gasteiger charge is -2.07. The molecule has 0 fully saturated rings. The van der Waals surface area contributed by atoms with Gasteiger partial charge in [0.15, 0.2) is 0 Å². The number of hydrogen-bond donors (Lipinski definition) is 1. The Morgan fingerprint density at radius 3 is 2.50 bits per heavy atom. The van der Waals surface area contributed by atoms with Crippen molar-refractivity contribution in [3.8, 4) is 0 Å². The molecule has 0 radical (unpaired) electrons. The van der Waals surface area contributed by atoms with Crippen molar-refractivity contribution in [1.82, 2.24) is 10.2 Å². The van der Waals surface area contributed by atoms with Crippen molar-refractivity contribution >= 4 is 11.9 Å². The molecule has 2 rings (SSSR count). The van der Waals surface area contributed by atoms with Crippen LogP contribution in [-0.2, 0) is 17.6 Å². The number of benzene rings is 1. The van der Waals surface area contributed by atoms with Gasteiger partial charge in [-0.2, -0.15) is 0 Å². The summed E-state index contributed by atoms with van der Waals surface area (Å²) in [6.07, 6.45) is 1.87. The van der Waals surface area contributed by atoms with Gasteiger partial charge in [-0.05, 0) is 24.0 Å². The third-order valence-corrected chi connectivity index (χ3v) is 3.12. The van der Waals surface area contributed by atoms with Gasteiger partial charge in [0.2, 0.25) is 11.8 Å². The fourth-order valence-electron chi connectivity index (χ4n) is 1.99. The summed E-state index contributed by atoms with van der Waals surface area (Å²) >= 11 is 0. The third kappa shape index (κ3) is 3.66. The molecule has 0 unspecified atom stereocenters. The van der Waals surface area contributed by atoms with Crippen LogP contribution >= 0.6 is 0 Å². The topological polar surface area (TPSA) is 68.0 Å². The summed E-state index contributed by atoms with van der Waals surface area (Å²) in [5.41, 5.74) is 2.56. The monoisotopic (exact) mass is 273 g/mol. The molecule has 1 heterocycles. The maximum Gasteiger partial charge on any atom is 0.322 e. The molecule has 5 nitrogen and oxygen atoms in total. The van der Waals surface area contributed by atoms with Crippen LogP contribution < -0.4 is 5.32 Å². The Hall–Kier alpha value is -2.17. The molecule has 2 aromatic rings. The average Bonchev–Trinajstić information content (AvgIpc) is 2.87. The minimum Gasteiger partial charge on any atom is -0.408 e. The van der Waals surface area contributed by atoms with Crippen molar-refractivity contribution in [1.29, 1.82) is 0 Å². The van der Waals surface area contributed by atoms with Crippen molar-refractivity contribution in [3.63, 3.8) is 0 Å². The van der Waals surface area contributed by atoms with Crippen LogP contribution in [0.3, 0.4) is 0 Å². The average molecular weight is 273 g/mol. The van der Waals surface area contributed by atoms with E-state index in [1.807, 2.05) is 6.92 Å². The molecule has 0 saturated carbocycles. The Kier molecular flexibility index (Phi) is 4.50. The van der Waals surface area contributed by atoms with E-state index < -0.39 is 0 Å². The molecular formula is C15H19N3O2. The SMILES string of the molecule is CCc1ccc(C[C@H](C)c2nnc(NC(C)=O)o2)cc1. The van der Waals surface area contributed by atoms with E-state index in [1.165, 1.54) is 18.1 Å². The quantitative estimate of drug-likeness (QED) is 0.909. The van der Waals surface area contributed by atoms with Crippen LogP contribution in [0.4, 0.5) is 6.01 Å². The Bertz CT molecular complexity index is 575. The highest BCUT2D eigenvalue weighted by Crippen LogP contribution is 2.21. The Labute approximate surface area is 118 Å². The number of nitrogens with one attached hydrogen (secondary N) is 1. The van der Waals surface area contributed by atoms with Crippen LogP contribution in [0.2, 0.25) is 0 Å². The van der Waals surface area contributed by atoms with E-state index in [9.17, 15) is 4.79 Å². The van der Waals surface area contributed by atoms with E-state index in [2.05, 4.69) is 46.7 Å². The number of aryl methyl sites for hydroxylation is 1. The largest absolute Gasteiger partial charge is 0.408 e. The Morgan fingerprint density at radius 2 is 1.90 bits per heavy atom. The maximum atomic E-state index is 10.9. The van der Waals surface area contributed by atoms with E-state index in [-0.39, 0.29) is 17.8 Å². The van der Waals surface area contributed by atoms with Crippen LogP contribution in [0.25, 0.3) is 0 Å². The fraction of sp³-hybridized carbons (Fsp3) is 0.400. The number of amides is 1. The predicted octanol–water partition coefficient (Wildman–Crippen LogP) is 2.94. The molecule has 1 aromatic heterocycles. The second kappa shape index (κ2) is 6.32. The molecule has 1 aromatic carbocycles. The van der Waals surface area contributed by atoms with Gasteiger partial charge in [0, 0.05) is 12.8 Å². The standard InChI is InChI=1S/C15H19N3O2/c1-4-12-5-7-13(8-6-12)9-10(2)14-17-18-15(20-14)16-11(3)19/h5-8,10H,4,9H2,1-3H3,(H,16,18,19)/t10-/m0/s1. The second-order valence-corrected chi connectivity index (χ2v) is 4.90.